The zero-order chi connectivity index (χ0) is 13.9. The second kappa shape index (κ2) is 5.90. The van der Waals surface area contributed by atoms with Crippen LogP contribution in [-0.2, 0) is 14.4 Å². The van der Waals surface area contributed by atoms with E-state index in [-0.39, 0.29) is 17.4 Å². The molecule has 18 heavy (non-hydrogen) atoms. The van der Waals surface area contributed by atoms with E-state index < -0.39 is 23.8 Å². The first-order valence-corrected chi connectivity index (χ1v) is 6.26. The van der Waals surface area contributed by atoms with Gasteiger partial charge in [0.05, 0.1) is 10.9 Å². The molecular formula is C11H17N3O3S. The third-order valence-corrected chi connectivity index (χ3v) is 3.26. The summed E-state index contributed by atoms with van der Waals surface area (Å²) < 4.78 is 0. The smallest absolute Gasteiger partial charge is 0.249 e. The monoisotopic (exact) mass is 271 g/mol. The molecule has 7 heteroatoms. The standard InChI is InChI=1S/C11H17N3O3S/c1-3-6(9(12)18)11(17)14-5-8(15)13-10(16)7(14)4-2/h6-7H,3-5H2,1-2H3,(H2,12,18)(H,13,15,16). The van der Waals surface area contributed by atoms with Crippen LogP contribution >= 0.6 is 12.2 Å². The molecule has 1 rings (SSSR count). The van der Waals surface area contributed by atoms with E-state index in [9.17, 15) is 14.4 Å². The zero-order valence-corrected chi connectivity index (χ0v) is 11.3. The van der Waals surface area contributed by atoms with Crippen LogP contribution in [0.4, 0.5) is 0 Å². The SMILES string of the molecule is CCC(C(=O)N1CC(=O)NC(=O)C1CC)C(N)=S. The van der Waals surface area contributed by atoms with Crippen LogP contribution < -0.4 is 11.1 Å². The fourth-order valence-corrected chi connectivity index (χ4v) is 2.27. The van der Waals surface area contributed by atoms with Crippen molar-refractivity contribution in [2.45, 2.75) is 32.7 Å². The van der Waals surface area contributed by atoms with E-state index in [2.05, 4.69) is 5.32 Å². The molecule has 0 radical (unpaired) electrons. The number of hydrogen-bond donors (Lipinski definition) is 2. The van der Waals surface area contributed by atoms with E-state index in [1.807, 2.05) is 0 Å². The zero-order valence-electron chi connectivity index (χ0n) is 10.4. The molecule has 2 unspecified atom stereocenters. The predicted octanol–water partition coefficient (Wildman–Crippen LogP) is -0.438. The number of nitrogens with one attached hydrogen (secondary N) is 1. The third-order valence-electron chi connectivity index (χ3n) is 2.98. The Morgan fingerprint density at radius 2 is 2.17 bits per heavy atom. The van der Waals surface area contributed by atoms with Crippen molar-refractivity contribution in [2.24, 2.45) is 11.7 Å². The summed E-state index contributed by atoms with van der Waals surface area (Å²) in [6.07, 6.45) is 0.898. The minimum absolute atomic E-state index is 0.0933. The Kier molecular flexibility index (Phi) is 4.77. The summed E-state index contributed by atoms with van der Waals surface area (Å²) in [6.45, 7) is 3.44. The van der Waals surface area contributed by atoms with E-state index in [4.69, 9.17) is 18.0 Å². The van der Waals surface area contributed by atoms with Crippen LogP contribution in [0.1, 0.15) is 26.7 Å². The molecule has 0 aromatic rings. The van der Waals surface area contributed by atoms with Crippen LogP contribution in [0.25, 0.3) is 0 Å². The predicted molar refractivity (Wildman–Crippen MR) is 69.5 cm³/mol. The van der Waals surface area contributed by atoms with Gasteiger partial charge in [-0.05, 0) is 12.8 Å². The van der Waals surface area contributed by atoms with E-state index in [0.29, 0.717) is 12.8 Å². The number of imide groups is 1. The van der Waals surface area contributed by atoms with Crippen molar-refractivity contribution in [3.05, 3.63) is 0 Å². The van der Waals surface area contributed by atoms with Gasteiger partial charge in [-0.1, -0.05) is 26.1 Å². The minimum atomic E-state index is -0.626. The highest BCUT2D eigenvalue weighted by Crippen LogP contribution is 2.15. The number of piperazine rings is 1. The molecule has 6 nitrogen and oxygen atoms in total. The van der Waals surface area contributed by atoms with Crippen molar-refractivity contribution in [1.82, 2.24) is 10.2 Å². The van der Waals surface area contributed by atoms with Crippen molar-refractivity contribution in [2.75, 3.05) is 6.54 Å². The molecule has 100 valence electrons. The van der Waals surface area contributed by atoms with E-state index in [1.54, 1.807) is 13.8 Å². The first-order chi connectivity index (χ1) is 8.42. The number of hydrogen-bond acceptors (Lipinski definition) is 4. The van der Waals surface area contributed by atoms with Gasteiger partial charge in [0, 0.05) is 0 Å². The Balaban J connectivity index is 2.96. The average Bonchev–Trinajstić information content (AvgIpc) is 2.28. The van der Waals surface area contributed by atoms with Crippen LogP contribution in [0.5, 0.6) is 0 Å². The van der Waals surface area contributed by atoms with Gasteiger partial charge in [-0.25, -0.2) is 0 Å². The second-order valence-corrected chi connectivity index (χ2v) is 4.64. The van der Waals surface area contributed by atoms with E-state index >= 15 is 0 Å². The lowest BCUT2D eigenvalue weighted by atomic mass is 10.0. The largest absolute Gasteiger partial charge is 0.393 e. The Morgan fingerprint density at radius 3 is 2.61 bits per heavy atom. The molecule has 2 atom stereocenters. The Bertz CT molecular complexity index is 397. The molecular weight excluding hydrogens is 254 g/mol. The lowest BCUT2D eigenvalue weighted by Crippen LogP contribution is -2.61. The van der Waals surface area contributed by atoms with Gasteiger partial charge in [-0.3, -0.25) is 19.7 Å². The number of thiocarbonyl (C=S) groups is 1. The molecule has 3 N–H and O–H groups in total. The van der Waals surface area contributed by atoms with Gasteiger partial charge in [0.2, 0.25) is 17.7 Å². The molecule has 0 aliphatic carbocycles. The Hall–Kier alpha value is -1.50. The van der Waals surface area contributed by atoms with Crippen LogP contribution in [0.2, 0.25) is 0 Å². The van der Waals surface area contributed by atoms with Crippen molar-refractivity contribution in [1.29, 1.82) is 0 Å². The van der Waals surface area contributed by atoms with Gasteiger partial charge >= 0.3 is 0 Å². The highest BCUT2D eigenvalue weighted by Gasteiger charge is 2.38. The maximum absolute atomic E-state index is 12.3. The van der Waals surface area contributed by atoms with Gasteiger partial charge in [0.1, 0.15) is 12.6 Å². The Labute approximate surface area is 111 Å². The molecule has 1 aliphatic heterocycles. The number of carbonyl (C=O) groups is 3. The summed E-state index contributed by atoms with van der Waals surface area (Å²) in [7, 11) is 0. The van der Waals surface area contributed by atoms with Gasteiger partial charge in [-0.2, -0.15) is 0 Å². The van der Waals surface area contributed by atoms with Gasteiger partial charge in [0.15, 0.2) is 0 Å². The number of nitrogens with two attached hydrogens (primary N) is 1. The number of amides is 3. The highest BCUT2D eigenvalue weighted by atomic mass is 32.1. The fraction of sp³-hybridized carbons (Fsp3) is 0.636. The molecule has 0 spiro atoms. The summed E-state index contributed by atoms with van der Waals surface area (Å²) >= 11 is 4.84. The number of rotatable bonds is 4. The summed E-state index contributed by atoms with van der Waals surface area (Å²) in [5, 5.41) is 2.22. The molecule has 1 aliphatic rings. The maximum atomic E-state index is 12.3. The molecule has 1 saturated heterocycles. The second-order valence-electron chi connectivity index (χ2n) is 4.17. The summed E-state index contributed by atoms with van der Waals surface area (Å²) in [4.78, 5) is 36.6. The van der Waals surface area contributed by atoms with Gasteiger partial charge < -0.3 is 10.6 Å². The third kappa shape index (κ3) is 2.84. The lowest BCUT2D eigenvalue weighted by Gasteiger charge is -2.35. The molecule has 0 aromatic heterocycles. The van der Waals surface area contributed by atoms with Crippen LogP contribution in [0.15, 0.2) is 0 Å². The van der Waals surface area contributed by atoms with Crippen molar-refractivity contribution in [3.8, 4) is 0 Å². The fourth-order valence-electron chi connectivity index (χ4n) is 2.00. The Morgan fingerprint density at radius 1 is 1.56 bits per heavy atom. The summed E-state index contributed by atoms with van der Waals surface area (Å²) in [5.74, 6) is -1.89. The maximum Gasteiger partial charge on any atom is 0.249 e. The molecule has 3 amide bonds. The molecule has 0 saturated carbocycles. The minimum Gasteiger partial charge on any atom is -0.393 e. The van der Waals surface area contributed by atoms with Crippen molar-refractivity contribution in [3.63, 3.8) is 0 Å². The first-order valence-electron chi connectivity index (χ1n) is 5.85. The van der Waals surface area contributed by atoms with Crippen LogP contribution in [-0.4, -0.2) is 40.2 Å². The van der Waals surface area contributed by atoms with E-state index in [0.717, 1.165) is 0 Å². The van der Waals surface area contributed by atoms with Crippen molar-refractivity contribution >= 4 is 34.9 Å². The van der Waals surface area contributed by atoms with Crippen molar-refractivity contribution < 1.29 is 14.4 Å². The molecule has 0 bridgehead atoms. The molecule has 1 fully saturated rings. The molecule has 0 aromatic carbocycles. The van der Waals surface area contributed by atoms with Crippen LogP contribution in [0.3, 0.4) is 0 Å². The lowest BCUT2D eigenvalue weighted by molar-refractivity contribution is -0.151. The summed E-state index contributed by atoms with van der Waals surface area (Å²) in [5.41, 5.74) is 5.51. The normalized spacial score (nSPS) is 21.4. The van der Waals surface area contributed by atoms with Gasteiger partial charge in [-0.15, -0.1) is 0 Å². The average molecular weight is 271 g/mol. The van der Waals surface area contributed by atoms with Crippen LogP contribution in [0, 0.1) is 5.92 Å². The van der Waals surface area contributed by atoms with E-state index in [1.165, 1.54) is 4.90 Å². The van der Waals surface area contributed by atoms with Gasteiger partial charge in [0.25, 0.3) is 0 Å². The quantitative estimate of drug-likeness (QED) is 0.534. The molecule has 1 heterocycles. The highest BCUT2D eigenvalue weighted by molar-refractivity contribution is 7.80. The number of nitrogens with zero attached hydrogens (tertiary/aromatic N) is 1. The topological polar surface area (TPSA) is 92.5 Å². The first kappa shape index (κ1) is 14.6. The number of carbonyl (C=O) groups excluding carboxylic acids is 3. The summed E-state index contributed by atoms with van der Waals surface area (Å²) in [6, 6.07) is -0.626.